The molecular weight excluding hydrogens is 316 g/mol. The highest BCUT2D eigenvalue weighted by molar-refractivity contribution is 7.88. The first-order valence-corrected chi connectivity index (χ1v) is 9.50. The summed E-state index contributed by atoms with van der Waals surface area (Å²) in [4.78, 5) is 13.3. The zero-order valence-electron chi connectivity index (χ0n) is 13.0. The third-order valence-electron chi connectivity index (χ3n) is 4.75. The largest absolute Gasteiger partial charge is 0.481 e. The Morgan fingerprint density at radius 3 is 2.22 bits per heavy atom. The van der Waals surface area contributed by atoms with Crippen LogP contribution in [0.25, 0.3) is 0 Å². The summed E-state index contributed by atoms with van der Waals surface area (Å²) in [7, 11) is -3.31. The van der Waals surface area contributed by atoms with Crippen LogP contribution in [0.2, 0.25) is 0 Å². The molecule has 1 aliphatic carbocycles. The fourth-order valence-corrected chi connectivity index (χ4v) is 4.58. The molecule has 1 saturated heterocycles. The molecule has 1 saturated carbocycles. The number of nitrogens with zero attached hydrogens (tertiary/aromatic N) is 2. The van der Waals surface area contributed by atoms with E-state index in [2.05, 4.69) is 4.90 Å². The van der Waals surface area contributed by atoms with Gasteiger partial charge in [0.25, 0.3) is 0 Å². The van der Waals surface area contributed by atoms with Gasteiger partial charge in [-0.2, -0.15) is 4.31 Å². The standard InChI is InChI=1S/C16H22N2O4S/c19-15(20)16(6-7-16)13-17-8-10-18(11-9-17)23(21,22)12-14-4-2-1-3-5-14/h1-5H,6-13H2,(H,19,20). The molecule has 7 heteroatoms. The van der Waals surface area contributed by atoms with E-state index < -0.39 is 21.4 Å². The number of hydrogen-bond donors (Lipinski definition) is 1. The van der Waals surface area contributed by atoms with Crippen molar-refractivity contribution in [3.63, 3.8) is 0 Å². The number of aliphatic carboxylic acids is 1. The van der Waals surface area contributed by atoms with Gasteiger partial charge in [0, 0.05) is 32.7 Å². The summed E-state index contributed by atoms with van der Waals surface area (Å²) in [6.45, 7) is 2.61. The lowest BCUT2D eigenvalue weighted by molar-refractivity contribution is -0.144. The van der Waals surface area contributed by atoms with Crippen LogP contribution in [0.4, 0.5) is 0 Å². The molecule has 23 heavy (non-hydrogen) atoms. The average Bonchev–Trinajstić information content (AvgIpc) is 3.29. The van der Waals surface area contributed by atoms with Crippen molar-refractivity contribution in [1.82, 2.24) is 9.21 Å². The molecule has 0 aromatic heterocycles. The molecule has 126 valence electrons. The van der Waals surface area contributed by atoms with E-state index in [1.165, 1.54) is 4.31 Å². The van der Waals surface area contributed by atoms with E-state index in [9.17, 15) is 18.3 Å². The molecule has 1 aromatic carbocycles. The summed E-state index contributed by atoms with van der Waals surface area (Å²) >= 11 is 0. The van der Waals surface area contributed by atoms with Crippen molar-refractivity contribution in [3.8, 4) is 0 Å². The van der Waals surface area contributed by atoms with Crippen LogP contribution in [0.15, 0.2) is 30.3 Å². The van der Waals surface area contributed by atoms with Crippen molar-refractivity contribution in [2.75, 3.05) is 32.7 Å². The van der Waals surface area contributed by atoms with Gasteiger partial charge < -0.3 is 5.11 Å². The summed E-state index contributed by atoms with van der Waals surface area (Å²) in [5.74, 6) is -0.705. The average molecular weight is 338 g/mol. The van der Waals surface area contributed by atoms with Crippen LogP contribution in [-0.2, 0) is 20.6 Å². The van der Waals surface area contributed by atoms with Gasteiger partial charge in [-0.3, -0.25) is 9.69 Å². The zero-order valence-corrected chi connectivity index (χ0v) is 13.8. The van der Waals surface area contributed by atoms with Gasteiger partial charge in [0.15, 0.2) is 0 Å². The Labute approximate surface area is 136 Å². The predicted molar refractivity (Wildman–Crippen MR) is 86.4 cm³/mol. The van der Waals surface area contributed by atoms with Crippen molar-refractivity contribution in [3.05, 3.63) is 35.9 Å². The first-order valence-electron chi connectivity index (χ1n) is 7.89. The lowest BCUT2D eigenvalue weighted by Gasteiger charge is -2.35. The number of rotatable bonds is 6. The Morgan fingerprint density at radius 1 is 1.09 bits per heavy atom. The van der Waals surface area contributed by atoms with Gasteiger partial charge in [-0.1, -0.05) is 30.3 Å². The molecular formula is C16H22N2O4S. The highest BCUT2D eigenvalue weighted by Crippen LogP contribution is 2.46. The van der Waals surface area contributed by atoms with Gasteiger partial charge in [-0.25, -0.2) is 8.42 Å². The topological polar surface area (TPSA) is 77.9 Å². The van der Waals surface area contributed by atoms with Gasteiger partial charge in [0.1, 0.15) is 0 Å². The van der Waals surface area contributed by atoms with E-state index in [1.807, 2.05) is 30.3 Å². The van der Waals surface area contributed by atoms with Gasteiger partial charge in [0.05, 0.1) is 11.2 Å². The number of benzene rings is 1. The molecule has 0 bridgehead atoms. The third-order valence-corrected chi connectivity index (χ3v) is 6.60. The Kier molecular flexibility index (Phi) is 4.44. The Hall–Kier alpha value is -1.44. The van der Waals surface area contributed by atoms with Crippen LogP contribution in [0, 0.1) is 5.41 Å². The molecule has 1 N–H and O–H groups in total. The molecule has 0 radical (unpaired) electrons. The third kappa shape index (κ3) is 3.73. The molecule has 1 aromatic rings. The molecule has 2 fully saturated rings. The predicted octanol–water partition coefficient (Wildman–Crippen LogP) is 0.999. The molecule has 3 rings (SSSR count). The number of carboxylic acids is 1. The van der Waals surface area contributed by atoms with E-state index in [-0.39, 0.29) is 5.75 Å². The van der Waals surface area contributed by atoms with Crippen LogP contribution >= 0.6 is 0 Å². The normalized spacial score (nSPS) is 21.9. The highest BCUT2D eigenvalue weighted by atomic mass is 32.2. The van der Waals surface area contributed by atoms with E-state index in [1.54, 1.807) is 0 Å². The van der Waals surface area contributed by atoms with Crippen molar-refractivity contribution >= 4 is 16.0 Å². The van der Waals surface area contributed by atoms with Crippen molar-refractivity contribution in [2.24, 2.45) is 5.41 Å². The second-order valence-electron chi connectivity index (χ2n) is 6.50. The SMILES string of the molecule is O=C(O)C1(CN2CCN(S(=O)(=O)Cc3ccccc3)CC2)CC1. The quantitative estimate of drug-likeness (QED) is 0.837. The van der Waals surface area contributed by atoms with Gasteiger partial charge >= 0.3 is 5.97 Å². The fourth-order valence-electron chi connectivity index (χ4n) is 3.06. The first-order chi connectivity index (χ1) is 10.9. The second-order valence-corrected chi connectivity index (χ2v) is 8.47. The Balaban J connectivity index is 1.55. The van der Waals surface area contributed by atoms with Crippen LogP contribution in [0.3, 0.4) is 0 Å². The maximum Gasteiger partial charge on any atom is 0.310 e. The molecule has 6 nitrogen and oxygen atoms in total. The van der Waals surface area contributed by atoms with Crippen LogP contribution in [-0.4, -0.2) is 61.4 Å². The highest BCUT2D eigenvalue weighted by Gasteiger charge is 2.51. The lowest BCUT2D eigenvalue weighted by atomic mass is 10.1. The Bertz CT molecular complexity index is 663. The molecule has 0 atom stereocenters. The number of hydrogen-bond acceptors (Lipinski definition) is 4. The monoisotopic (exact) mass is 338 g/mol. The summed E-state index contributed by atoms with van der Waals surface area (Å²) < 4.78 is 26.5. The van der Waals surface area contributed by atoms with E-state index >= 15 is 0 Å². The van der Waals surface area contributed by atoms with E-state index in [4.69, 9.17) is 0 Å². The summed E-state index contributed by atoms with van der Waals surface area (Å²) in [6.07, 6.45) is 1.46. The molecule has 0 unspecified atom stereocenters. The molecule has 2 aliphatic rings. The molecule has 0 amide bonds. The number of sulfonamides is 1. The maximum absolute atomic E-state index is 12.5. The lowest BCUT2D eigenvalue weighted by Crippen LogP contribution is -2.50. The Morgan fingerprint density at radius 2 is 1.70 bits per heavy atom. The zero-order chi connectivity index (χ0) is 16.5. The summed E-state index contributed by atoms with van der Waals surface area (Å²) in [5.41, 5.74) is 0.211. The summed E-state index contributed by atoms with van der Waals surface area (Å²) in [5, 5.41) is 9.25. The number of piperazine rings is 1. The minimum Gasteiger partial charge on any atom is -0.481 e. The van der Waals surface area contributed by atoms with Crippen molar-refractivity contribution < 1.29 is 18.3 Å². The van der Waals surface area contributed by atoms with Crippen molar-refractivity contribution in [2.45, 2.75) is 18.6 Å². The van der Waals surface area contributed by atoms with Gasteiger partial charge in [-0.05, 0) is 18.4 Å². The van der Waals surface area contributed by atoms with Gasteiger partial charge in [0.2, 0.25) is 10.0 Å². The maximum atomic E-state index is 12.5. The van der Waals surface area contributed by atoms with E-state index in [0.29, 0.717) is 32.7 Å². The van der Waals surface area contributed by atoms with Crippen molar-refractivity contribution in [1.29, 1.82) is 0 Å². The van der Waals surface area contributed by atoms with E-state index in [0.717, 1.165) is 18.4 Å². The molecule has 1 heterocycles. The number of carbonyl (C=O) groups is 1. The second kappa shape index (κ2) is 6.22. The van der Waals surface area contributed by atoms with Crippen LogP contribution < -0.4 is 0 Å². The molecule has 1 aliphatic heterocycles. The smallest absolute Gasteiger partial charge is 0.310 e. The van der Waals surface area contributed by atoms with Crippen LogP contribution in [0.5, 0.6) is 0 Å². The summed E-state index contributed by atoms with van der Waals surface area (Å²) in [6, 6.07) is 9.17. The minimum absolute atomic E-state index is 0.0207. The van der Waals surface area contributed by atoms with Crippen LogP contribution in [0.1, 0.15) is 18.4 Å². The molecule has 0 spiro atoms. The van der Waals surface area contributed by atoms with Gasteiger partial charge in [-0.15, -0.1) is 0 Å². The minimum atomic E-state index is -3.31. The first kappa shape index (κ1) is 16.4. The number of carboxylic acid groups (broad SMARTS) is 1. The fraction of sp³-hybridized carbons (Fsp3) is 0.562.